The number of carboxylic acid groups (broad SMARTS) is 1. The molecule has 1 aromatic rings. The molecule has 0 saturated heterocycles. The fourth-order valence-electron chi connectivity index (χ4n) is 1.49. The van der Waals surface area contributed by atoms with Crippen molar-refractivity contribution in [2.75, 3.05) is 20.0 Å². The lowest BCUT2D eigenvalue weighted by atomic mass is 10.2. The molecule has 0 saturated carbocycles. The van der Waals surface area contributed by atoms with Gasteiger partial charge in [-0.3, -0.25) is 0 Å². The molecule has 0 spiro atoms. The van der Waals surface area contributed by atoms with Gasteiger partial charge in [0.2, 0.25) is 0 Å². The van der Waals surface area contributed by atoms with Gasteiger partial charge in [0, 0.05) is 20.6 Å². The van der Waals surface area contributed by atoms with Gasteiger partial charge in [-0.15, -0.1) is 11.8 Å². The first-order valence-corrected chi connectivity index (χ1v) is 6.81. The molecule has 0 aromatic carbocycles. The van der Waals surface area contributed by atoms with Crippen molar-refractivity contribution < 1.29 is 19.4 Å². The number of methoxy groups -OCH3 is 2. The van der Waals surface area contributed by atoms with E-state index in [1.165, 1.54) is 26.0 Å². The van der Waals surface area contributed by atoms with Crippen LogP contribution in [-0.2, 0) is 15.9 Å². The molecule has 1 N–H and O–H groups in total. The van der Waals surface area contributed by atoms with Crippen molar-refractivity contribution >= 4 is 17.7 Å². The van der Waals surface area contributed by atoms with Gasteiger partial charge in [0.15, 0.2) is 6.29 Å². The van der Waals surface area contributed by atoms with E-state index in [1.807, 2.05) is 6.92 Å². The number of carbonyl (C=O) groups is 1. The van der Waals surface area contributed by atoms with E-state index in [1.54, 1.807) is 6.92 Å². The number of ether oxygens (including phenoxy) is 2. The SMILES string of the molecule is CCc1nc(C)c(C(=O)O)c(SCC(OC)OC)n1. The molecular weight excluding hydrogens is 268 g/mol. The summed E-state index contributed by atoms with van der Waals surface area (Å²) in [5.41, 5.74) is 0.626. The lowest BCUT2D eigenvalue weighted by molar-refractivity contribution is -0.0842. The van der Waals surface area contributed by atoms with Crippen LogP contribution in [0.5, 0.6) is 0 Å². The summed E-state index contributed by atoms with van der Waals surface area (Å²) in [5.74, 6) is 0.0813. The Kier molecular flexibility index (Phi) is 6.20. The molecule has 1 aromatic heterocycles. The van der Waals surface area contributed by atoms with Crippen LogP contribution in [0.15, 0.2) is 5.03 Å². The minimum Gasteiger partial charge on any atom is -0.478 e. The van der Waals surface area contributed by atoms with Crippen LogP contribution in [0, 0.1) is 6.92 Å². The van der Waals surface area contributed by atoms with E-state index in [9.17, 15) is 9.90 Å². The van der Waals surface area contributed by atoms with Gasteiger partial charge < -0.3 is 14.6 Å². The highest BCUT2D eigenvalue weighted by molar-refractivity contribution is 7.99. The second-order valence-electron chi connectivity index (χ2n) is 3.78. The van der Waals surface area contributed by atoms with E-state index >= 15 is 0 Å². The quantitative estimate of drug-likeness (QED) is 0.464. The third kappa shape index (κ3) is 4.15. The van der Waals surface area contributed by atoms with Crippen LogP contribution in [0.2, 0.25) is 0 Å². The van der Waals surface area contributed by atoms with Crippen molar-refractivity contribution in [2.45, 2.75) is 31.6 Å². The fourth-order valence-corrected chi connectivity index (χ4v) is 2.61. The molecule has 106 valence electrons. The minimum absolute atomic E-state index is 0.146. The Morgan fingerprint density at radius 3 is 2.47 bits per heavy atom. The first-order valence-electron chi connectivity index (χ1n) is 5.82. The molecule has 0 fully saturated rings. The van der Waals surface area contributed by atoms with Crippen molar-refractivity contribution in [1.82, 2.24) is 9.97 Å². The summed E-state index contributed by atoms with van der Waals surface area (Å²) in [6.07, 6.45) is 0.263. The van der Waals surface area contributed by atoms with Gasteiger partial charge in [-0.1, -0.05) is 6.92 Å². The number of nitrogens with zero attached hydrogens (tertiary/aromatic N) is 2. The van der Waals surface area contributed by atoms with Crippen LogP contribution in [0.25, 0.3) is 0 Å². The molecule has 0 aliphatic rings. The highest BCUT2D eigenvalue weighted by Gasteiger charge is 2.19. The first kappa shape index (κ1) is 15.9. The summed E-state index contributed by atoms with van der Waals surface area (Å²) in [7, 11) is 3.07. The number of aromatic carboxylic acids is 1. The number of hydrogen-bond donors (Lipinski definition) is 1. The molecular formula is C12H18N2O4S. The molecule has 0 aliphatic carbocycles. The van der Waals surface area contributed by atoms with Gasteiger partial charge in [-0.2, -0.15) is 0 Å². The lowest BCUT2D eigenvalue weighted by Crippen LogP contribution is -2.17. The number of hydrogen-bond acceptors (Lipinski definition) is 6. The van der Waals surface area contributed by atoms with E-state index in [0.717, 1.165) is 0 Å². The van der Waals surface area contributed by atoms with Gasteiger partial charge >= 0.3 is 5.97 Å². The fraction of sp³-hybridized carbons (Fsp3) is 0.583. The van der Waals surface area contributed by atoms with Crippen molar-refractivity contribution in [2.24, 2.45) is 0 Å². The molecule has 0 atom stereocenters. The Balaban J connectivity index is 3.02. The summed E-state index contributed by atoms with van der Waals surface area (Å²) in [5, 5.41) is 9.69. The normalized spacial score (nSPS) is 11.0. The van der Waals surface area contributed by atoms with Crippen LogP contribution in [-0.4, -0.2) is 47.3 Å². The predicted octanol–water partition coefficient (Wildman–Crippen LogP) is 1.76. The Labute approximate surface area is 116 Å². The van der Waals surface area contributed by atoms with Crippen LogP contribution >= 0.6 is 11.8 Å². The van der Waals surface area contributed by atoms with Crippen LogP contribution in [0.4, 0.5) is 0 Å². The second-order valence-corrected chi connectivity index (χ2v) is 4.78. The van der Waals surface area contributed by atoms with Gasteiger partial charge in [-0.05, 0) is 6.92 Å². The molecule has 0 radical (unpaired) electrons. The van der Waals surface area contributed by atoms with Gasteiger partial charge in [0.05, 0.1) is 11.4 Å². The van der Waals surface area contributed by atoms with E-state index in [4.69, 9.17) is 9.47 Å². The summed E-state index contributed by atoms with van der Waals surface area (Å²) in [6.45, 7) is 3.61. The minimum atomic E-state index is -1.02. The summed E-state index contributed by atoms with van der Waals surface area (Å²) < 4.78 is 10.1. The van der Waals surface area contributed by atoms with Crippen molar-refractivity contribution in [3.63, 3.8) is 0 Å². The van der Waals surface area contributed by atoms with E-state index in [-0.39, 0.29) is 5.56 Å². The van der Waals surface area contributed by atoms with E-state index in [2.05, 4.69) is 9.97 Å². The Morgan fingerprint density at radius 1 is 1.37 bits per heavy atom. The van der Waals surface area contributed by atoms with Crippen molar-refractivity contribution in [3.05, 3.63) is 17.1 Å². The molecule has 19 heavy (non-hydrogen) atoms. The largest absolute Gasteiger partial charge is 0.478 e. The number of aryl methyl sites for hydroxylation is 2. The lowest BCUT2D eigenvalue weighted by Gasteiger charge is -2.14. The van der Waals surface area contributed by atoms with E-state index in [0.29, 0.717) is 28.7 Å². The van der Waals surface area contributed by atoms with Crippen molar-refractivity contribution in [3.8, 4) is 0 Å². The smallest absolute Gasteiger partial charge is 0.340 e. The third-order valence-corrected chi connectivity index (χ3v) is 3.52. The summed E-state index contributed by atoms with van der Waals surface area (Å²) in [4.78, 5) is 19.7. The molecule has 0 amide bonds. The monoisotopic (exact) mass is 286 g/mol. The molecule has 0 unspecified atom stereocenters. The summed E-state index contributed by atoms with van der Waals surface area (Å²) in [6, 6.07) is 0. The zero-order valence-electron chi connectivity index (χ0n) is 11.5. The average Bonchev–Trinajstić information content (AvgIpc) is 2.38. The molecule has 0 aliphatic heterocycles. The third-order valence-electron chi connectivity index (χ3n) is 2.52. The number of thioether (sulfide) groups is 1. The maximum atomic E-state index is 11.3. The Bertz CT molecular complexity index is 450. The highest BCUT2D eigenvalue weighted by atomic mass is 32.2. The van der Waals surface area contributed by atoms with Crippen LogP contribution in [0.1, 0.15) is 28.8 Å². The predicted molar refractivity (Wildman–Crippen MR) is 71.6 cm³/mol. The first-order chi connectivity index (χ1) is 9.03. The van der Waals surface area contributed by atoms with Gasteiger partial charge in [0.25, 0.3) is 0 Å². The zero-order chi connectivity index (χ0) is 14.4. The van der Waals surface area contributed by atoms with E-state index < -0.39 is 12.3 Å². The number of aromatic nitrogens is 2. The number of carboxylic acids is 1. The molecule has 1 rings (SSSR count). The zero-order valence-corrected chi connectivity index (χ0v) is 12.3. The second kappa shape index (κ2) is 7.42. The van der Waals surface area contributed by atoms with Crippen molar-refractivity contribution in [1.29, 1.82) is 0 Å². The molecule has 7 heteroatoms. The summed E-state index contributed by atoms with van der Waals surface area (Å²) >= 11 is 1.29. The molecule has 6 nitrogen and oxygen atoms in total. The van der Waals surface area contributed by atoms with Gasteiger partial charge in [-0.25, -0.2) is 14.8 Å². The maximum absolute atomic E-state index is 11.3. The Morgan fingerprint density at radius 2 is 2.00 bits per heavy atom. The highest BCUT2D eigenvalue weighted by Crippen LogP contribution is 2.24. The van der Waals surface area contributed by atoms with Gasteiger partial charge in [0.1, 0.15) is 16.4 Å². The van der Waals surface area contributed by atoms with Crippen LogP contribution in [0.3, 0.4) is 0 Å². The number of rotatable bonds is 7. The molecule has 0 bridgehead atoms. The standard InChI is InChI=1S/C12H18N2O4S/c1-5-8-13-7(2)10(12(15)16)11(14-8)19-6-9(17-3)18-4/h9H,5-6H2,1-4H3,(H,15,16). The average molecular weight is 286 g/mol. The maximum Gasteiger partial charge on any atom is 0.340 e. The Hall–Kier alpha value is -1.18. The topological polar surface area (TPSA) is 81.5 Å². The van der Waals surface area contributed by atoms with Crippen LogP contribution < -0.4 is 0 Å². The molecule has 1 heterocycles.